The van der Waals surface area contributed by atoms with E-state index in [0.717, 1.165) is 6.08 Å². The second-order valence-electron chi connectivity index (χ2n) is 3.05. The molecule has 6 heteroatoms. The molecule has 1 aromatic rings. The fraction of sp³-hybridized carbons (Fsp3) is 0.222. The maximum atomic E-state index is 12.3. The van der Waals surface area contributed by atoms with Crippen LogP contribution in [0.4, 0.5) is 13.2 Å². The van der Waals surface area contributed by atoms with Gasteiger partial charge in [-0.2, -0.15) is 13.2 Å². The van der Waals surface area contributed by atoms with Gasteiger partial charge in [0.25, 0.3) is 5.91 Å². The maximum Gasteiger partial charge on any atom is 0.412 e. The van der Waals surface area contributed by atoms with Crippen LogP contribution in [0.1, 0.15) is 4.88 Å². The fourth-order valence-corrected chi connectivity index (χ4v) is 2.05. The van der Waals surface area contributed by atoms with E-state index in [4.69, 9.17) is 0 Å². The fourth-order valence-electron chi connectivity index (χ4n) is 1.31. The number of thiophene rings is 1. The van der Waals surface area contributed by atoms with Crippen molar-refractivity contribution in [3.05, 3.63) is 28.5 Å². The Kier molecular flexibility index (Phi) is 2.30. The van der Waals surface area contributed by atoms with E-state index in [1.807, 2.05) is 5.32 Å². The average molecular weight is 233 g/mol. The molecule has 0 aromatic carbocycles. The number of carbonyl (C=O) groups excluding carboxylic acids is 1. The van der Waals surface area contributed by atoms with Gasteiger partial charge >= 0.3 is 6.18 Å². The van der Waals surface area contributed by atoms with Gasteiger partial charge in [-0.3, -0.25) is 4.79 Å². The van der Waals surface area contributed by atoms with Gasteiger partial charge < -0.3 is 5.32 Å². The van der Waals surface area contributed by atoms with Crippen molar-refractivity contribution in [3.8, 4) is 0 Å². The van der Waals surface area contributed by atoms with Crippen molar-refractivity contribution >= 4 is 22.8 Å². The van der Waals surface area contributed by atoms with Gasteiger partial charge in [0.1, 0.15) is 6.04 Å². The molecule has 2 rings (SSSR count). The minimum absolute atomic E-state index is 0.104. The van der Waals surface area contributed by atoms with Crippen LogP contribution in [0.5, 0.6) is 0 Å². The summed E-state index contributed by atoms with van der Waals surface area (Å²) in [5.41, 5.74) is 0.104. The number of alkyl halides is 3. The van der Waals surface area contributed by atoms with Gasteiger partial charge in [-0.1, -0.05) is 6.07 Å². The number of carbonyl (C=O) groups is 1. The van der Waals surface area contributed by atoms with Crippen LogP contribution in [0.25, 0.3) is 5.57 Å². The molecular formula is C9H6F3NOS. The zero-order valence-electron chi connectivity index (χ0n) is 7.34. The Labute approximate surface area is 87.4 Å². The number of amides is 1. The first-order valence-corrected chi connectivity index (χ1v) is 5.00. The predicted octanol–water partition coefficient (Wildman–Crippen LogP) is 2.19. The Balaban J connectivity index is 2.31. The Morgan fingerprint density at radius 2 is 2.13 bits per heavy atom. The summed E-state index contributed by atoms with van der Waals surface area (Å²) < 4.78 is 36.9. The van der Waals surface area contributed by atoms with Gasteiger partial charge in [0.05, 0.1) is 5.57 Å². The van der Waals surface area contributed by atoms with E-state index >= 15 is 0 Å². The summed E-state index contributed by atoms with van der Waals surface area (Å²) in [6, 6.07) is 1.45. The first-order chi connectivity index (χ1) is 6.98. The van der Waals surface area contributed by atoms with Gasteiger partial charge in [0.15, 0.2) is 0 Å². The molecule has 0 saturated carbocycles. The van der Waals surface area contributed by atoms with E-state index in [2.05, 4.69) is 0 Å². The Morgan fingerprint density at radius 3 is 2.60 bits per heavy atom. The van der Waals surface area contributed by atoms with Crippen molar-refractivity contribution in [2.45, 2.75) is 12.2 Å². The van der Waals surface area contributed by atoms with Crippen LogP contribution in [-0.4, -0.2) is 18.1 Å². The Morgan fingerprint density at radius 1 is 1.40 bits per heavy atom. The molecule has 0 bridgehead atoms. The Bertz CT molecular complexity index is 407. The van der Waals surface area contributed by atoms with Gasteiger partial charge in [-0.05, 0) is 17.5 Å². The molecule has 15 heavy (non-hydrogen) atoms. The van der Waals surface area contributed by atoms with E-state index in [1.54, 1.807) is 17.5 Å². The summed E-state index contributed by atoms with van der Waals surface area (Å²) in [5, 5.41) is 3.59. The van der Waals surface area contributed by atoms with Crippen molar-refractivity contribution in [3.63, 3.8) is 0 Å². The zero-order valence-corrected chi connectivity index (χ0v) is 8.15. The van der Waals surface area contributed by atoms with Gasteiger partial charge in [0, 0.05) is 4.88 Å². The minimum atomic E-state index is -4.42. The van der Waals surface area contributed by atoms with Crippen molar-refractivity contribution in [1.82, 2.24) is 5.32 Å². The van der Waals surface area contributed by atoms with Gasteiger partial charge in [-0.25, -0.2) is 0 Å². The third-order valence-corrected chi connectivity index (χ3v) is 2.91. The van der Waals surface area contributed by atoms with E-state index in [1.165, 1.54) is 11.3 Å². The topological polar surface area (TPSA) is 29.1 Å². The second-order valence-corrected chi connectivity index (χ2v) is 4.00. The summed E-state index contributed by atoms with van der Waals surface area (Å²) in [6.07, 6.45) is -3.50. The SMILES string of the molecule is O=C1N[C@H](C(F)(F)F)C=C1c1cccs1. The largest absolute Gasteiger partial charge is 0.412 e. The van der Waals surface area contributed by atoms with Gasteiger partial charge in [0.2, 0.25) is 0 Å². The van der Waals surface area contributed by atoms with Crippen molar-refractivity contribution in [1.29, 1.82) is 0 Å². The van der Waals surface area contributed by atoms with E-state index in [0.29, 0.717) is 4.88 Å². The molecule has 1 N–H and O–H groups in total. The second kappa shape index (κ2) is 3.37. The molecule has 0 aliphatic carbocycles. The molecule has 0 radical (unpaired) electrons. The first-order valence-electron chi connectivity index (χ1n) is 4.12. The zero-order chi connectivity index (χ0) is 11.1. The predicted molar refractivity (Wildman–Crippen MR) is 50.3 cm³/mol. The van der Waals surface area contributed by atoms with E-state index in [9.17, 15) is 18.0 Å². The number of hydrogen-bond acceptors (Lipinski definition) is 2. The third kappa shape index (κ3) is 1.90. The quantitative estimate of drug-likeness (QED) is 0.791. The number of rotatable bonds is 1. The molecule has 0 unspecified atom stereocenters. The van der Waals surface area contributed by atoms with E-state index < -0.39 is 18.1 Å². The smallest absolute Gasteiger partial charge is 0.337 e. The minimum Gasteiger partial charge on any atom is -0.337 e. The monoisotopic (exact) mass is 233 g/mol. The maximum absolute atomic E-state index is 12.3. The molecule has 2 nitrogen and oxygen atoms in total. The lowest BCUT2D eigenvalue weighted by Gasteiger charge is -2.12. The molecule has 0 spiro atoms. The summed E-state index contributed by atoms with van der Waals surface area (Å²) in [5.74, 6) is -0.667. The van der Waals surface area contributed by atoms with Gasteiger partial charge in [-0.15, -0.1) is 11.3 Å². The highest BCUT2D eigenvalue weighted by atomic mass is 32.1. The molecule has 0 saturated heterocycles. The van der Waals surface area contributed by atoms with Crippen LogP contribution in [0.2, 0.25) is 0 Å². The van der Waals surface area contributed by atoms with Crippen LogP contribution >= 0.6 is 11.3 Å². The molecule has 1 aliphatic heterocycles. The highest BCUT2D eigenvalue weighted by Gasteiger charge is 2.43. The number of halogens is 3. The molecule has 1 atom stereocenters. The first kappa shape index (κ1) is 10.2. The van der Waals surface area contributed by atoms with Crippen molar-refractivity contribution in [2.24, 2.45) is 0 Å². The molecule has 1 aromatic heterocycles. The molecule has 1 aliphatic rings. The summed E-state index contributed by atoms with van der Waals surface area (Å²) in [6.45, 7) is 0. The highest BCUT2D eigenvalue weighted by molar-refractivity contribution is 7.11. The standard InChI is InChI=1S/C9H6F3NOS/c10-9(11,12)7-4-5(8(14)13-7)6-2-1-3-15-6/h1-4,7H,(H,13,14)/t7-/m0/s1. The van der Waals surface area contributed by atoms with Crippen LogP contribution in [0, 0.1) is 0 Å². The summed E-state index contributed by atoms with van der Waals surface area (Å²) in [7, 11) is 0. The van der Waals surface area contributed by atoms with E-state index in [-0.39, 0.29) is 5.57 Å². The molecule has 0 fully saturated rings. The lowest BCUT2D eigenvalue weighted by molar-refractivity contribution is -0.148. The lowest BCUT2D eigenvalue weighted by atomic mass is 10.2. The normalized spacial score (nSPS) is 21.4. The number of nitrogens with one attached hydrogen (secondary N) is 1. The molecule has 1 amide bonds. The third-order valence-electron chi connectivity index (χ3n) is 2.00. The molecular weight excluding hydrogens is 227 g/mol. The highest BCUT2D eigenvalue weighted by Crippen LogP contribution is 2.30. The molecule has 2 heterocycles. The lowest BCUT2D eigenvalue weighted by Crippen LogP contribution is -2.39. The Hall–Kier alpha value is -1.30. The van der Waals surface area contributed by atoms with Crippen LogP contribution < -0.4 is 5.32 Å². The summed E-state index contributed by atoms with van der Waals surface area (Å²) in [4.78, 5) is 11.8. The van der Waals surface area contributed by atoms with Crippen LogP contribution in [0.15, 0.2) is 23.6 Å². The van der Waals surface area contributed by atoms with Crippen molar-refractivity contribution < 1.29 is 18.0 Å². The van der Waals surface area contributed by atoms with Crippen molar-refractivity contribution in [2.75, 3.05) is 0 Å². The number of hydrogen-bond donors (Lipinski definition) is 1. The van der Waals surface area contributed by atoms with Crippen LogP contribution in [0.3, 0.4) is 0 Å². The average Bonchev–Trinajstić information content (AvgIpc) is 2.69. The van der Waals surface area contributed by atoms with Crippen LogP contribution in [-0.2, 0) is 4.79 Å². The molecule has 80 valence electrons. The summed E-state index contributed by atoms with van der Waals surface area (Å²) >= 11 is 1.24.